The lowest BCUT2D eigenvalue weighted by Crippen LogP contribution is -2.49. The fourth-order valence-corrected chi connectivity index (χ4v) is 4.68. The van der Waals surface area contributed by atoms with Crippen LogP contribution < -0.4 is 5.56 Å². The number of carbonyl (C=O) groups excluding carboxylic acids is 1. The molecule has 4 aromatic rings. The van der Waals surface area contributed by atoms with E-state index in [4.69, 9.17) is 0 Å². The summed E-state index contributed by atoms with van der Waals surface area (Å²) in [7, 11) is 0. The average Bonchev–Trinajstić information content (AvgIpc) is 3.35. The molecule has 7 heteroatoms. The van der Waals surface area contributed by atoms with E-state index in [1.54, 1.807) is 27.6 Å². The molecule has 1 amide bonds. The van der Waals surface area contributed by atoms with Gasteiger partial charge in [-0.15, -0.1) is 0 Å². The van der Waals surface area contributed by atoms with E-state index in [0.29, 0.717) is 24.5 Å². The number of aryl methyl sites for hydroxylation is 3. The van der Waals surface area contributed by atoms with Gasteiger partial charge >= 0.3 is 0 Å². The Bertz CT molecular complexity index is 1410. The van der Waals surface area contributed by atoms with Crippen molar-refractivity contribution < 1.29 is 4.79 Å². The number of pyridine rings is 1. The quantitative estimate of drug-likeness (QED) is 0.497. The summed E-state index contributed by atoms with van der Waals surface area (Å²) in [6.07, 6.45) is 5.59. The predicted octanol–water partition coefficient (Wildman–Crippen LogP) is 3.67. The molecule has 164 valence electrons. The van der Waals surface area contributed by atoms with Crippen molar-refractivity contribution >= 4 is 16.8 Å². The van der Waals surface area contributed by atoms with Gasteiger partial charge in [-0.05, 0) is 57.5 Å². The van der Waals surface area contributed by atoms with E-state index < -0.39 is 0 Å². The zero-order chi connectivity index (χ0) is 22.6. The SMILES string of the molecule is CCn1cc(CN2C(=O)c3ccc(-n4cnc(C)c4)c(=O)n3C[C@H]2C)c2cc(C)ccc21. The summed E-state index contributed by atoms with van der Waals surface area (Å²) in [5, 5.41) is 1.18. The van der Waals surface area contributed by atoms with Crippen molar-refractivity contribution in [2.75, 3.05) is 0 Å². The number of nitrogens with zero attached hydrogens (tertiary/aromatic N) is 5. The van der Waals surface area contributed by atoms with E-state index in [-0.39, 0.29) is 17.5 Å². The molecule has 0 fully saturated rings. The fourth-order valence-electron chi connectivity index (χ4n) is 4.68. The van der Waals surface area contributed by atoms with Crippen LogP contribution in [0.1, 0.15) is 41.2 Å². The zero-order valence-electron chi connectivity index (χ0n) is 18.9. The summed E-state index contributed by atoms with van der Waals surface area (Å²) in [6.45, 7) is 9.95. The summed E-state index contributed by atoms with van der Waals surface area (Å²) < 4.78 is 5.54. The molecule has 4 heterocycles. The number of hydrogen-bond donors (Lipinski definition) is 0. The topological polar surface area (TPSA) is 65.1 Å². The van der Waals surface area contributed by atoms with Crippen LogP contribution >= 0.6 is 0 Å². The van der Waals surface area contributed by atoms with E-state index in [1.165, 1.54) is 16.5 Å². The first-order valence-corrected chi connectivity index (χ1v) is 11.0. The number of carbonyl (C=O) groups is 1. The van der Waals surface area contributed by atoms with Gasteiger partial charge in [-0.1, -0.05) is 11.6 Å². The predicted molar refractivity (Wildman–Crippen MR) is 124 cm³/mol. The molecule has 0 unspecified atom stereocenters. The summed E-state index contributed by atoms with van der Waals surface area (Å²) in [5.41, 5.74) is 5.12. The van der Waals surface area contributed by atoms with Gasteiger partial charge < -0.3 is 18.6 Å². The molecule has 3 aromatic heterocycles. The van der Waals surface area contributed by atoms with Crippen LogP contribution in [-0.2, 0) is 19.6 Å². The van der Waals surface area contributed by atoms with E-state index >= 15 is 0 Å². The molecule has 1 aliphatic heterocycles. The lowest BCUT2D eigenvalue weighted by atomic mass is 10.1. The molecular weight excluding hydrogens is 402 g/mol. The molecule has 5 rings (SSSR count). The Morgan fingerprint density at radius 3 is 2.62 bits per heavy atom. The molecule has 0 bridgehead atoms. The van der Waals surface area contributed by atoms with Crippen molar-refractivity contribution in [3.05, 3.63) is 81.9 Å². The number of fused-ring (bicyclic) bond motifs is 2. The van der Waals surface area contributed by atoms with Gasteiger partial charge in [-0.25, -0.2) is 4.98 Å². The minimum absolute atomic E-state index is 0.0997. The monoisotopic (exact) mass is 429 g/mol. The highest BCUT2D eigenvalue weighted by Crippen LogP contribution is 2.27. The molecule has 0 radical (unpaired) electrons. The second kappa shape index (κ2) is 7.51. The average molecular weight is 430 g/mol. The Kier molecular flexibility index (Phi) is 4.77. The maximum Gasteiger partial charge on any atom is 0.275 e. The first-order valence-electron chi connectivity index (χ1n) is 11.0. The molecule has 1 atom stereocenters. The van der Waals surface area contributed by atoms with E-state index in [2.05, 4.69) is 47.8 Å². The highest BCUT2D eigenvalue weighted by molar-refractivity contribution is 5.94. The van der Waals surface area contributed by atoms with Crippen LogP contribution in [0.4, 0.5) is 0 Å². The minimum Gasteiger partial charge on any atom is -0.347 e. The highest BCUT2D eigenvalue weighted by Gasteiger charge is 2.31. The van der Waals surface area contributed by atoms with Gasteiger partial charge in [0.15, 0.2) is 0 Å². The van der Waals surface area contributed by atoms with Crippen LogP contribution in [0, 0.1) is 13.8 Å². The smallest absolute Gasteiger partial charge is 0.275 e. The van der Waals surface area contributed by atoms with Crippen molar-refractivity contribution in [3.63, 3.8) is 0 Å². The molecule has 1 aliphatic rings. The van der Waals surface area contributed by atoms with Crippen LogP contribution in [0.2, 0.25) is 0 Å². The second-order valence-corrected chi connectivity index (χ2v) is 8.68. The van der Waals surface area contributed by atoms with Gasteiger partial charge in [-0.3, -0.25) is 9.59 Å². The maximum atomic E-state index is 13.5. The first kappa shape index (κ1) is 20.3. The van der Waals surface area contributed by atoms with Crippen molar-refractivity contribution in [1.82, 2.24) is 23.6 Å². The standard InChI is InChI=1S/C25H27N5O2/c1-5-27-13-19(20-10-16(2)6-7-21(20)27)14-29-18(4)12-30-23(25(29)32)9-8-22(24(30)31)28-11-17(3)26-15-28/h6-11,13,15,18H,5,12,14H2,1-4H3/t18-/m1/s1. The molecule has 0 N–H and O–H groups in total. The van der Waals surface area contributed by atoms with Gasteiger partial charge in [0.1, 0.15) is 11.4 Å². The molecule has 0 spiro atoms. The lowest BCUT2D eigenvalue weighted by molar-refractivity contribution is 0.0591. The number of hydrogen-bond acceptors (Lipinski definition) is 3. The van der Waals surface area contributed by atoms with Crippen molar-refractivity contribution in [2.45, 2.75) is 53.4 Å². The van der Waals surface area contributed by atoms with Crippen LogP contribution in [0.5, 0.6) is 0 Å². The number of amides is 1. The Balaban J connectivity index is 1.53. The van der Waals surface area contributed by atoms with Gasteiger partial charge in [0.2, 0.25) is 0 Å². The largest absolute Gasteiger partial charge is 0.347 e. The summed E-state index contributed by atoms with van der Waals surface area (Å²) in [5.74, 6) is -0.112. The Morgan fingerprint density at radius 2 is 1.91 bits per heavy atom. The highest BCUT2D eigenvalue weighted by atomic mass is 16.2. The Morgan fingerprint density at radius 1 is 1.09 bits per heavy atom. The molecule has 0 saturated carbocycles. The van der Waals surface area contributed by atoms with Gasteiger partial charge in [0, 0.05) is 49.0 Å². The van der Waals surface area contributed by atoms with E-state index in [0.717, 1.165) is 17.8 Å². The minimum atomic E-state index is -0.169. The normalized spacial score (nSPS) is 16.1. The zero-order valence-corrected chi connectivity index (χ0v) is 18.9. The molecule has 32 heavy (non-hydrogen) atoms. The van der Waals surface area contributed by atoms with E-state index in [1.807, 2.05) is 24.9 Å². The van der Waals surface area contributed by atoms with Gasteiger partial charge in [0.25, 0.3) is 11.5 Å². The van der Waals surface area contributed by atoms with Crippen molar-refractivity contribution in [1.29, 1.82) is 0 Å². The molecule has 1 aromatic carbocycles. The van der Waals surface area contributed by atoms with E-state index in [9.17, 15) is 9.59 Å². The summed E-state index contributed by atoms with van der Waals surface area (Å²) in [4.78, 5) is 32.7. The lowest BCUT2D eigenvalue weighted by Gasteiger charge is -2.35. The van der Waals surface area contributed by atoms with Gasteiger partial charge in [0.05, 0.1) is 12.0 Å². The van der Waals surface area contributed by atoms with Crippen LogP contribution in [0.25, 0.3) is 16.6 Å². The third-order valence-corrected chi connectivity index (χ3v) is 6.40. The second-order valence-electron chi connectivity index (χ2n) is 8.68. The Labute approximate surface area is 186 Å². The molecule has 0 saturated heterocycles. The summed E-state index contributed by atoms with van der Waals surface area (Å²) in [6, 6.07) is 9.83. The Hall–Kier alpha value is -3.61. The van der Waals surface area contributed by atoms with Gasteiger partial charge in [-0.2, -0.15) is 0 Å². The van der Waals surface area contributed by atoms with Crippen LogP contribution in [0.15, 0.2) is 53.8 Å². The van der Waals surface area contributed by atoms with Crippen LogP contribution in [-0.4, -0.2) is 35.5 Å². The molecular formula is C25H27N5O2. The fraction of sp³-hybridized carbons (Fsp3) is 0.320. The molecule has 0 aliphatic carbocycles. The van der Waals surface area contributed by atoms with Crippen molar-refractivity contribution in [3.8, 4) is 5.69 Å². The number of rotatable bonds is 4. The number of benzene rings is 1. The maximum absolute atomic E-state index is 13.5. The summed E-state index contributed by atoms with van der Waals surface area (Å²) >= 11 is 0. The number of aromatic nitrogens is 4. The number of imidazole rings is 1. The van der Waals surface area contributed by atoms with Crippen molar-refractivity contribution in [2.24, 2.45) is 0 Å². The first-order chi connectivity index (χ1) is 15.4. The molecule has 7 nitrogen and oxygen atoms in total. The van der Waals surface area contributed by atoms with Crippen LogP contribution in [0.3, 0.4) is 0 Å². The third-order valence-electron chi connectivity index (χ3n) is 6.40. The third kappa shape index (κ3) is 3.16.